The molecular formula is C11H14N4O. The van der Waals surface area contributed by atoms with Crippen LogP contribution in [0.5, 0.6) is 0 Å². The molecule has 1 aromatic heterocycles. The van der Waals surface area contributed by atoms with Crippen LogP contribution >= 0.6 is 0 Å². The van der Waals surface area contributed by atoms with E-state index in [4.69, 9.17) is 0 Å². The summed E-state index contributed by atoms with van der Waals surface area (Å²) in [5.74, 6) is 0. The SMILES string of the molecule is CN(c1ccc2[nH]c(=O)[nH]c2c1)C1CNC1. The number of hydrogen-bond donors (Lipinski definition) is 3. The summed E-state index contributed by atoms with van der Waals surface area (Å²) in [5.41, 5.74) is 2.70. The molecule has 1 aromatic carbocycles. The van der Waals surface area contributed by atoms with Crippen molar-refractivity contribution in [2.45, 2.75) is 6.04 Å². The van der Waals surface area contributed by atoms with Crippen LogP contribution in [0.3, 0.4) is 0 Å². The molecule has 1 fully saturated rings. The van der Waals surface area contributed by atoms with Gasteiger partial charge in [-0.05, 0) is 18.2 Å². The van der Waals surface area contributed by atoms with E-state index < -0.39 is 0 Å². The topological polar surface area (TPSA) is 63.9 Å². The number of likely N-dealkylation sites (N-methyl/N-ethyl adjacent to an activating group) is 1. The van der Waals surface area contributed by atoms with Crippen LogP contribution < -0.4 is 15.9 Å². The molecule has 0 saturated carbocycles. The molecule has 1 saturated heterocycles. The number of H-pyrrole nitrogens is 2. The normalized spacial score (nSPS) is 16.3. The van der Waals surface area contributed by atoms with Gasteiger partial charge in [0.05, 0.1) is 17.1 Å². The Bertz CT molecular complexity index is 567. The summed E-state index contributed by atoms with van der Waals surface area (Å²) >= 11 is 0. The van der Waals surface area contributed by atoms with E-state index in [1.54, 1.807) is 0 Å². The lowest BCUT2D eigenvalue weighted by atomic mass is 10.1. The van der Waals surface area contributed by atoms with Crippen molar-refractivity contribution in [1.29, 1.82) is 0 Å². The van der Waals surface area contributed by atoms with Crippen LogP contribution in [0.15, 0.2) is 23.0 Å². The first kappa shape index (κ1) is 9.47. The zero-order chi connectivity index (χ0) is 11.1. The lowest BCUT2D eigenvalue weighted by molar-refractivity contribution is 0.429. The third-order valence-electron chi connectivity index (χ3n) is 3.21. The van der Waals surface area contributed by atoms with Crippen molar-refractivity contribution in [2.75, 3.05) is 25.0 Å². The second-order valence-corrected chi connectivity index (χ2v) is 4.23. The molecule has 0 aliphatic carbocycles. The van der Waals surface area contributed by atoms with E-state index in [1.807, 2.05) is 18.2 Å². The summed E-state index contributed by atoms with van der Waals surface area (Å²) in [7, 11) is 2.08. The minimum atomic E-state index is -0.153. The van der Waals surface area contributed by atoms with E-state index >= 15 is 0 Å². The molecule has 5 heteroatoms. The maximum atomic E-state index is 11.1. The van der Waals surface area contributed by atoms with Crippen LogP contribution in [0.4, 0.5) is 5.69 Å². The Morgan fingerprint density at radius 3 is 2.69 bits per heavy atom. The number of aromatic nitrogens is 2. The Hall–Kier alpha value is -1.75. The lowest BCUT2D eigenvalue weighted by Crippen LogP contribution is -2.56. The second-order valence-electron chi connectivity index (χ2n) is 4.23. The van der Waals surface area contributed by atoms with Gasteiger partial charge in [-0.25, -0.2) is 4.79 Å². The van der Waals surface area contributed by atoms with Crippen LogP contribution in [0.25, 0.3) is 11.0 Å². The highest BCUT2D eigenvalue weighted by Crippen LogP contribution is 2.20. The molecule has 1 aliphatic heterocycles. The Labute approximate surface area is 92.5 Å². The summed E-state index contributed by atoms with van der Waals surface area (Å²) in [4.78, 5) is 18.9. The molecule has 0 bridgehead atoms. The molecule has 2 heterocycles. The van der Waals surface area contributed by atoms with E-state index in [2.05, 4.69) is 27.2 Å². The van der Waals surface area contributed by atoms with Gasteiger partial charge in [0.1, 0.15) is 0 Å². The Balaban J connectivity index is 2.00. The van der Waals surface area contributed by atoms with E-state index in [0.29, 0.717) is 6.04 Å². The second kappa shape index (κ2) is 3.38. The number of nitrogens with zero attached hydrogens (tertiary/aromatic N) is 1. The van der Waals surface area contributed by atoms with Gasteiger partial charge in [0.15, 0.2) is 0 Å². The maximum Gasteiger partial charge on any atom is 0.323 e. The molecule has 2 aromatic rings. The van der Waals surface area contributed by atoms with Crippen LogP contribution in [-0.4, -0.2) is 36.1 Å². The summed E-state index contributed by atoms with van der Waals surface area (Å²) in [6, 6.07) is 6.53. The van der Waals surface area contributed by atoms with E-state index in [1.165, 1.54) is 0 Å². The maximum absolute atomic E-state index is 11.1. The van der Waals surface area contributed by atoms with Crippen molar-refractivity contribution in [2.24, 2.45) is 0 Å². The average molecular weight is 218 g/mol. The molecule has 0 spiro atoms. The number of benzene rings is 1. The minimum absolute atomic E-state index is 0.153. The van der Waals surface area contributed by atoms with E-state index in [-0.39, 0.29) is 5.69 Å². The predicted molar refractivity (Wildman–Crippen MR) is 64.0 cm³/mol. The van der Waals surface area contributed by atoms with E-state index in [9.17, 15) is 4.79 Å². The van der Waals surface area contributed by atoms with Gasteiger partial charge in [0, 0.05) is 25.8 Å². The monoisotopic (exact) mass is 218 g/mol. The van der Waals surface area contributed by atoms with Crippen LogP contribution in [0.2, 0.25) is 0 Å². The van der Waals surface area contributed by atoms with Crippen molar-refractivity contribution in [1.82, 2.24) is 15.3 Å². The summed E-state index contributed by atoms with van der Waals surface area (Å²) < 4.78 is 0. The summed E-state index contributed by atoms with van der Waals surface area (Å²) in [6.07, 6.45) is 0. The number of hydrogen-bond acceptors (Lipinski definition) is 3. The predicted octanol–water partition coefficient (Wildman–Crippen LogP) is 0.264. The molecule has 0 unspecified atom stereocenters. The third-order valence-corrected chi connectivity index (χ3v) is 3.21. The smallest absolute Gasteiger partial charge is 0.323 e. The quantitative estimate of drug-likeness (QED) is 0.677. The van der Waals surface area contributed by atoms with Gasteiger partial charge >= 0.3 is 5.69 Å². The van der Waals surface area contributed by atoms with Crippen LogP contribution in [0, 0.1) is 0 Å². The highest BCUT2D eigenvalue weighted by Gasteiger charge is 2.21. The number of imidazole rings is 1. The van der Waals surface area contributed by atoms with Crippen molar-refractivity contribution in [3.05, 3.63) is 28.7 Å². The lowest BCUT2D eigenvalue weighted by Gasteiger charge is -2.37. The fourth-order valence-electron chi connectivity index (χ4n) is 2.00. The fraction of sp³-hybridized carbons (Fsp3) is 0.364. The molecule has 3 rings (SSSR count). The van der Waals surface area contributed by atoms with Gasteiger partial charge in [0.2, 0.25) is 0 Å². The fourth-order valence-corrected chi connectivity index (χ4v) is 2.00. The van der Waals surface area contributed by atoms with Crippen molar-refractivity contribution in [3.63, 3.8) is 0 Å². The molecule has 0 atom stereocenters. The Morgan fingerprint density at radius 1 is 1.25 bits per heavy atom. The molecule has 1 aliphatic rings. The molecule has 5 nitrogen and oxygen atoms in total. The molecule has 3 N–H and O–H groups in total. The van der Waals surface area contributed by atoms with E-state index in [0.717, 1.165) is 29.8 Å². The van der Waals surface area contributed by atoms with Gasteiger partial charge in [-0.1, -0.05) is 0 Å². The first-order valence-electron chi connectivity index (χ1n) is 5.39. The Kier molecular flexibility index (Phi) is 2.00. The number of nitrogens with one attached hydrogen (secondary N) is 3. The van der Waals surface area contributed by atoms with Gasteiger partial charge in [-0.2, -0.15) is 0 Å². The van der Waals surface area contributed by atoms with Crippen LogP contribution in [0.1, 0.15) is 0 Å². The highest BCUT2D eigenvalue weighted by atomic mass is 16.1. The highest BCUT2D eigenvalue weighted by molar-refractivity contribution is 5.79. The molecule has 0 radical (unpaired) electrons. The van der Waals surface area contributed by atoms with Gasteiger partial charge in [0.25, 0.3) is 0 Å². The summed E-state index contributed by atoms with van der Waals surface area (Å²) in [6.45, 7) is 2.05. The van der Waals surface area contributed by atoms with Crippen molar-refractivity contribution < 1.29 is 0 Å². The third kappa shape index (κ3) is 1.40. The molecular weight excluding hydrogens is 204 g/mol. The molecule has 84 valence electrons. The average Bonchev–Trinajstić information content (AvgIpc) is 2.53. The molecule has 16 heavy (non-hydrogen) atoms. The standard InChI is InChI=1S/C11H14N4O/c1-15(8-5-12-6-8)7-2-3-9-10(4-7)14-11(16)13-9/h2-4,8,12H,5-6H2,1H3,(H2,13,14,16). The Morgan fingerprint density at radius 2 is 2.00 bits per heavy atom. The zero-order valence-electron chi connectivity index (χ0n) is 9.08. The zero-order valence-corrected chi connectivity index (χ0v) is 9.08. The van der Waals surface area contributed by atoms with Crippen molar-refractivity contribution in [3.8, 4) is 0 Å². The first-order valence-corrected chi connectivity index (χ1v) is 5.39. The van der Waals surface area contributed by atoms with Crippen molar-refractivity contribution >= 4 is 16.7 Å². The number of anilines is 1. The van der Waals surface area contributed by atoms with Gasteiger partial charge in [-0.15, -0.1) is 0 Å². The first-order chi connectivity index (χ1) is 7.74. The minimum Gasteiger partial charge on any atom is -0.369 e. The van der Waals surface area contributed by atoms with Gasteiger partial charge in [-0.3, -0.25) is 0 Å². The van der Waals surface area contributed by atoms with Gasteiger partial charge < -0.3 is 20.2 Å². The number of fused-ring (bicyclic) bond motifs is 1. The number of rotatable bonds is 2. The number of aromatic amines is 2. The summed E-state index contributed by atoms with van der Waals surface area (Å²) in [5, 5.41) is 3.25. The largest absolute Gasteiger partial charge is 0.369 e. The molecule has 0 amide bonds. The van der Waals surface area contributed by atoms with Crippen LogP contribution in [-0.2, 0) is 0 Å².